The number of nitrogens with two attached hydrogens (primary N) is 1. The van der Waals surface area contributed by atoms with Crippen molar-refractivity contribution in [3.8, 4) is 22.5 Å². The Bertz CT molecular complexity index is 2260. The second-order valence-corrected chi connectivity index (χ2v) is 14.8. The zero-order valence-electron chi connectivity index (χ0n) is 31.1. The summed E-state index contributed by atoms with van der Waals surface area (Å²) in [5.41, 5.74) is 8.70. The third-order valence-corrected chi connectivity index (χ3v) is 9.83. The Morgan fingerprint density at radius 3 is 1.47 bits per heavy atom. The number of anilines is 1. The quantitative estimate of drug-likeness (QED) is 0.0577. The van der Waals surface area contributed by atoms with E-state index in [4.69, 9.17) is 49.8 Å². The molecule has 0 amide bonds. The minimum Gasteiger partial charge on any atom is -0.399 e. The first-order chi connectivity index (χ1) is 26.5. The number of aromatic nitrogens is 3. The maximum absolute atomic E-state index is 10.8. The zero-order chi connectivity index (χ0) is 41.0. The number of rotatable bonds is 5. The van der Waals surface area contributed by atoms with E-state index in [1.807, 2.05) is 70.2 Å². The van der Waals surface area contributed by atoms with Crippen molar-refractivity contribution in [3.63, 3.8) is 0 Å². The van der Waals surface area contributed by atoms with E-state index in [0.717, 1.165) is 15.9 Å². The van der Waals surface area contributed by atoms with Gasteiger partial charge in [-0.25, -0.2) is 4.98 Å². The van der Waals surface area contributed by atoms with Crippen LogP contribution in [0.5, 0.6) is 0 Å². The largest absolute Gasteiger partial charge is 0.496 e. The number of benzene rings is 3. The predicted molar refractivity (Wildman–Crippen MR) is 248 cm³/mol. The van der Waals surface area contributed by atoms with Crippen molar-refractivity contribution in [1.82, 2.24) is 15.0 Å². The fourth-order valence-electron chi connectivity index (χ4n) is 4.74. The molecule has 3 aromatic heterocycles. The van der Waals surface area contributed by atoms with Crippen LogP contribution in [0.3, 0.4) is 0 Å². The van der Waals surface area contributed by atoms with Crippen LogP contribution in [0.2, 0.25) is 15.1 Å². The number of halogens is 4. The first-order valence-corrected chi connectivity index (χ1v) is 18.6. The molecule has 0 saturated carbocycles. The van der Waals surface area contributed by atoms with Crippen molar-refractivity contribution in [2.45, 2.75) is 53.8 Å². The third kappa shape index (κ3) is 14.7. The SMILES string of the molecule is Brc1ccccn1.C.C.CC1(C)OB(c2cc([N+](=O)[O-])ccc2Cl)OC1(C)C.Nc1ccc(Cl)c(-c2ccccn2)c1.O=[N+]([O-])c1ccc(Cl)c(-c2ccccn2)c1.[2HH].[B]. The Kier molecular flexibility index (Phi) is 20.9. The lowest BCUT2D eigenvalue weighted by molar-refractivity contribution is -0.385. The summed E-state index contributed by atoms with van der Waals surface area (Å²) in [6.07, 6.45) is 5.09. The average molecular weight is 927 g/mol. The van der Waals surface area contributed by atoms with E-state index in [9.17, 15) is 20.2 Å². The summed E-state index contributed by atoms with van der Waals surface area (Å²) in [6, 6.07) is 30.6. The highest BCUT2D eigenvalue weighted by molar-refractivity contribution is 9.10. The number of non-ortho nitro benzene ring substituents is 2. The molecule has 0 bridgehead atoms. The summed E-state index contributed by atoms with van der Waals surface area (Å²) in [5, 5.41) is 23.0. The van der Waals surface area contributed by atoms with Gasteiger partial charge in [0.15, 0.2) is 0 Å². The van der Waals surface area contributed by atoms with Gasteiger partial charge in [0.2, 0.25) is 0 Å². The minimum absolute atomic E-state index is 0. The number of nitro groups is 2. The molecule has 0 unspecified atom stereocenters. The summed E-state index contributed by atoms with van der Waals surface area (Å²) in [4.78, 5) is 32.7. The molecule has 0 aliphatic carbocycles. The molecule has 12 nitrogen and oxygen atoms in total. The van der Waals surface area contributed by atoms with Crippen molar-refractivity contribution >= 4 is 88.8 Å². The van der Waals surface area contributed by atoms with Gasteiger partial charge in [0.05, 0.1) is 42.5 Å². The van der Waals surface area contributed by atoms with E-state index < -0.39 is 28.2 Å². The maximum Gasteiger partial charge on any atom is 0.496 e. The van der Waals surface area contributed by atoms with Crippen LogP contribution in [-0.2, 0) is 9.31 Å². The lowest BCUT2D eigenvalue weighted by atomic mass is 9.79. The van der Waals surface area contributed by atoms with E-state index in [-0.39, 0.29) is 36.1 Å². The summed E-state index contributed by atoms with van der Waals surface area (Å²) < 4.78 is 12.6. The van der Waals surface area contributed by atoms with Crippen molar-refractivity contribution in [3.05, 3.63) is 168 Å². The van der Waals surface area contributed by atoms with Crippen LogP contribution in [0.4, 0.5) is 17.1 Å². The van der Waals surface area contributed by atoms with Crippen molar-refractivity contribution < 1.29 is 20.6 Å². The van der Waals surface area contributed by atoms with Gasteiger partial charge in [-0.15, -0.1) is 0 Å². The predicted octanol–water partition coefficient (Wildman–Crippen LogP) is 11.8. The van der Waals surface area contributed by atoms with Gasteiger partial charge in [-0.3, -0.25) is 30.2 Å². The third-order valence-electron chi connectivity index (χ3n) is 8.36. The van der Waals surface area contributed by atoms with Gasteiger partial charge in [-0.1, -0.05) is 67.9 Å². The van der Waals surface area contributed by atoms with Gasteiger partial charge in [0, 0.05) is 80.0 Å². The van der Waals surface area contributed by atoms with Gasteiger partial charge >= 0.3 is 7.12 Å². The molecule has 18 heteroatoms. The van der Waals surface area contributed by atoms with E-state index in [1.165, 1.54) is 36.4 Å². The highest BCUT2D eigenvalue weighted by Crippen LogP contribution is 2.37. The normalized spacial score (nSPS) is 12.8. The summed E-state index contributed by atoms with van der Waals surface area (Å²) in [6.45, 7) is 7.66. The van der Waals surface area contributed by atoms with Gasteiger partial charge in [0.25, 0.3) is 11.4 Å². The minimum atomic E-state index is -0.697. The first kappa shape index (κ1) is 52.1. The number of hydrogen-bond donors (Lipinski definition) is 1. The van der Waals surface area contributed by atoms with E-state index >= 15 is 0 Å². The molecule has 1 aliphatic rings. The number of hydrogen-bond acceptors (Lipinski definition) is 10. The Labute approximate surface area is 372 Å². The molecule has 6 aromatic rings. The van der Waals surface area contributed by atoms with Gasteiger partial charge in [0.1, 0.15) is 4.60 Å². The molecule has 2 N–H and O–H groups in total. The number of pyridine rings is 3. The molecule has 309 valence electrons. The Hall–Kier alpha value is -4.89. The summed E-state index contributed by atoms with van der Waals surface area (Å²) in [7, 11) is -0.697. The van der Waals surface area contributed by atoms with Gasteiger partial charge < -0.3 is 15.0 Å². The molecule has 1 saturated heterocycles. The van der Waals surface area contributed by atoms with E-state index in [1.54, 1.807) is 48.9 Å². The molecule has 3 radical (unpaired) electrons. The topological polar surface area (TPSA) is 169 Å². The zero-order valence-corrected chi connectivity index (χ0v) is 34.9. The van der Waals surface area contributed by atoms with Crippen LogP contribution in [0.15, 0.2) is 132 Å². The summed E-state index contributed by atoms with van der Waals surface area (Å²) >= 11 is 21.3. The molecule has 0 atom stereocenters. The number of nitrogen functional groups attached to an aromatic ring is 1. The van der Waals surface area contributed by atoms with Crippen LogP contribution in [-0.4, -0.2) is 51.5 Å². The lowest BCUT2D eigenvalue weighted by Crippen LogP contribution is -2.41. The van der Waals surface area contributed by atoms with Crippen molar-refractivity contribution in [2.75, 3.05) is 5.73 Å². The van der Waals surface area contributed by atoms with Crippen LogP contribution < -0.4 is 11.2 Å². The molecule has 3 aromatic carbocycles. The summed E-state index contributed by atoms with van der Waals surface area (Å²) in [5.74, 6) is 0. The monoisotopic (exact) mass is 924 g/mol. The second kappa shape index (κ2) is 23.6. The van der Waals surface area contributed by atoms with E-state index in [0.29, 0.717) is 37.5 Å². The molecule has 7 rings (SSSR count). The standard InChI is InChI=1S/C12H15BClNO4.C11H7ClN2O2.C11H9ClN2.C5H4BrN.2CH4.B.H2/c1-11(2)12(3,4)19-13(18-11)9-7-8(15(16)17)5-6-10(9)14;12-10-5-4-8(14(15)16)7-9(10)11-3-1-2-6-13-11;12-10-5-4-8(13)7-9(10)11-3-1-2-6-14-11;6-5-3-1-2-4-7-5;;;;/h5-7H,1-4H3;1-7H;1-7H,13H2;1-4H;2*1H4;;1H/i;;;;;;;1+1. The lowest BCUT2D eigenvalue weighted by Gasteiger charge is -2.32. The van der Waals surface area contributed by atoms with Crippen molar-refractivity contribution in [2.24, 2.45) is 0 Å². The number of nitro benzene ring substituents is 2. The Morgan fingerprint density at radius 1 is 0.644 bits per heavy atom. The molecule has 59 heavy (non-hydrogen) atoms. The molecule has 0 spiro atoms. The molecular formula is C41H45B2BrCl3N6O6. The fraction of sp³-hybridized carbons (Fsp3) is 0.195. The molecule has 4 heterocycles. The highest BCUT2D eigenvalue weighted by Gasteiger charge is 2.52. The highest BCUT2D eigenvalue weighted by atomic mass is 79.9. The smallest absolute Gasteiger partial charge is 0.399 e. The van der Waals surface area contributed by atoms with Crippen LogP contribution in [0.1, 0.15) is 44.0 Å². The first-order valence-electron chi connectivity index (χ1n) is 16.7. The van der Waals surface area contributed by atoms with E-state index in [2.05, 4.69) is 30.9 Å². The van der Waals surface area contributed by atoms with Crippen LogP contribution in [0, 0.1) is 20.2 Å². The van der Waals surface area contributed by atoms with Gasteiger partial charge in [-0.2, -0.15) is 0 Å². The average Bonchev–Trinajstić information content (AvgIpc) is 3.40. The fourth-order valence-corrected chi connectivity index (χ4v) is 5.65. The van der Waals surface area contributed by atoms with Crippen LogP contribution in [0.25, 0.3) is 22.5 Å². The van der Waals surface area contributed by atoms with Gasteiger partial charge in [-0.05, 0) is 110 Å². The maximum atomic E-state index is 10.8. The van der Waals surface area contributed by atoms with Crippen molar-refractivity contribution in [1.29, 1.82) is 0 Å². The molecule has 1 fully saturated rings. The number of nitrogens with zero attached hydrogens (tertiary/aromatic N) is 5. The molecular weight excluding hydrogens is 880 g/mol. The Morgan fingerprint density at radius 2 is 1.07 bits per heavy atom. The van der Waals surface area contributed by atoms with Crippen LogP contribution >= 0.6 is 50.7 Å². The Balaban J connectivity index is 0.000000786. The molecule has 1 aliphatic heterocycles. The second-order valence-electron chi connectivity index (χ2n) is 12.8.